The van der Waals surface area contributed by atoms with Gasteiger partial charge in [0.1, 0.15) is 0 Å². The van der Waals surface area contributed by atoms with E-state index in [0.29, 0.717) is 5.02 Å². The number of halogens is 1. The highest BCUT2D eigenvalue weighted by Gasteiger charge is 2.17. The summed E-state index contributed by atoms with van der Waals surface area (Å²) in [5, 5.41) is 14.8. The molecule has 1 rings (SSSR count). The number of carbonyl (C=O) groups is 1. The number of carbonyl (C=O) groups excluding carboxylic acids is 1. The molecule has 98 valence electrons. The van der Waals surface area contributed by atoms with Gasteiger partial charge in [0.25, 0.3) is 0 Å². The first kappa shape index (κ1) is 14.5. The Morgan fingerprint density at radius 1 is 1.50 bits per heavy atom. The van der Waals surface area contributed by atoms with E-state index in [0.717, 1.165) is 5.56 Å². The molecule has 0 aliphatic carbocycles. The molecule has 3 N–H and O–H groups in total. The van der Waals surface area contributed by atoms with Gasteiger partial charge in [-0.15, -0.1) is 0 Å². The maximum atomic E-state index is 11.5. The molecule has 0 aliphatic heterocycles. The van der Waals surface area contributed by atoms with Crippen LogP contribution in [-0.2, 0) is 0 Å². The molecule has 0 unspecified atom stereocenters. The normalized spacial score (nSPS) is 11.6. The van der Waals surface area contributed by atoms with E-state index >= 15 is 0 Å². The molecule has 0 saturated heterocycles. The Bertz CT molecular complexity index is 444. The van der Waals surface area contributed by atoms with Gasteiger partial charge in [-0.25, -0.2) is 4.79 Å². The molecule has 0 aliphatic rings. The molecule has 0 aromatic heterocycles. The molecule has 0 atom stereocenters. The molecule has 1 aromatic carbocycles. The summed E-state index contributed by atoms with van der Waals surface area (Å²) in [5.74, 6) is 0. The molecule has 4 nitrogen and oxygen atoms in total. The van der Waals surface area contributed by atoms with E-state index in [4.69, 9.17) is 16.7 Å². The van der Waals surface area contributed by atoms with Gasteiger partial charge in [0.05, 0.1) is 12.1 Å². The minimum Gasteiger partial charge on any atom is -0.394 e. The van der Waals surface area contributed by atoms with Crippen LogP contribution in [0.3, 0.4) is 0 Å². The van der Waals surface area contributed by atoms with E-state index in [2.05, 4.69) is 10.6 Å². The molecule has 0 spiro atoms. The summed E-state index contributed by atoms with van der Waals surface area (Å²) in [7, 11) is 0. The van der Waals surface area contributed by atoms with Crippen LogP contribution in [0.1, 0.15) is 19.4 Å². The summed E-state index contributed by atoms with van der Waals surface area (Å²) in [6, 6.07) is 6.90. The third kappa shape index (κ3) is 5.21. The first-order valence-electron chi connectivity index (χ1n) is 5.54. The lowest BCUT2D eigenvalue weighted by Gasteiger charge is -2.22. The minimum absolute atomic E-state index is 0.127. The summed E-state index contributed by atoms with van der Waals surface area (Å²) in [6.45, 7) is 3.33. The zero-order valence-corrected chi connectivity index (χ0v) is 11.2. The number of hydrogen-bond acceptors (Lipinski definition) is 2. The standard InChI is InChI=1S/C13H17ClN2O2/c1-13(2,9-17)16-12(18)15-7-6-10-4-3-5-11(14)8-10/h3-8,17H,9H2,1-2H3,(H2,15,16,18)/b7-6+. The van der Waals surface area contributed by atoms with Gasteiger partial charge in [-0.2, -0.15) is 0 Å². The van der Waals surface area contributed by atoms with Crippen molar-refractivity contribution in [3.05, 3.63) is 41.1 Å². The van der Waals surface area contributed by atoms with E-state index in [-0.39, 0.29) is 12.6 Å². The van der Waals surface area contributed by atoms with Crippen LogP contribution in [0.5, 0.6) is 0 Å². The molecule has 0 saturated carbocycles. The van der Waals surface area contributed by atoms with Crippen LogP contribution < -0.4 is 10.6 Å². The Morgan fingerprint density at radius 3 is 2.83 bits per heavy atom. The van der Waals surface area contributed by atoms with Crippen molar-refractivity contribution >= 4 is 23.7 Å². The number of nitrogens with one attached hydrogen (secondary N) is 2. The van der Waals surface area contributed by atoms with Crippen LogP contribution in [-0.4, -0.2) is 23.3 Å². The number of rotatable bonds is 4. The maximum absolute atomic E-state index is 11.5. The van der Waals surface area contributed by atoms with Crippen LogP contribution in [0.2, 0.25) is 5.02 Å². The average Bonchev–Trinajstić information content (AvgIpc) is 2.28. The van der Waals surface area contributed by atoms with E-state index in [1.54, 1.807) is 32.1 Å². The van der Waals surface area contributed by atoms with Gasteiger partial charge in [0.2, 0.25) is 0 Å². The van der Waals surface area contributed by atoms with Crippen molar-refractivity contribution in [2.24, 2.45) is 0 Å². The van der Waals surface area contributed by atoms with Crippen molar-refractivity contribution in [3.63, 3.8) is 0 Å². The Labute approximate surface area is 112 Å². The highest BCUT2D eigenvalue weighted by molar-refractivity contribution is 6.30. The van der Waals surface area contributed by atoms with Crippen molar-refractivity contribution in [3.8, 4) is 0 Å². The number of benzene rings is 1. The molecule has 5 heteroatoms. The number of aliphatic hydroxyl groups excluding tert-OH is 1. The van der Waals surface area contributed by atoms with E-state index < -0.39 is 5.54 Å². The second-order valence-corrected chi connectivity index (χ2v) is 4.97. The summed E-state index contributed by atoms with van der Waals surface area (Å²) in [4.78, 5) is 11.5. The van der Waals surface area contributed by atoms with Gasteiger partial charge in [-0.1, -0.05) is 23.7 Å². The van der Waals surface area contributed by atoms with E-state index in [9.17, 15) is 4.79 Å². The Hall–Kier alpha value is -1.52. The minimum atomic E-state index is -0.645. The summed E-state index contributed by atoms with van der Waals surface area (Å²) in [5.41, 5.74) is 0.248. The second-order valence-electron chi connectivity index (χ2n) is 4.53. The van der Waals surface area contributed by atoms with E-state index in [1.807, 2.05) is 12.1 Å². The highest BCUT2D eigenvalue weighted by Crippen LogP contribution is 2.11. The zero-order chi connectivity index (χ0) is 13.6. The Kier molecular flexibility index (Phi) is 5.19. The highest BCUT2D eigenvalue weighted by atomic mass is 35.5. The largest absolute Gasteiger partial charge is 0.394 e. The van der Waals surface area contributed by atoms with Crippen molar-refractivity contribution < 1.29 is 9.90 Å². The molecule has 2 amide bonds. The van der Waals surface area contributed by atoms with Crippen LogP contribution >= 0.6 is 11.6 Å². The van der Waals surface area contributed by atoms with Crippen molar-refractivity contribution in [1.29, 1.82) is 0 Å². The quantitative estimate of drug-likeness (QED) is 0.785. The lowest BCUT2D eigenvalue weighted by molar-refractivity contribution is 0.183. The van der Waals surface area contributed by atoms with Gasteiger partial charge < -0.3 is 15.7 Å². The van der Waals surface area contributed by atoms with Crippen LogP contribution in [0, 0.1) is 0 Å². The zero-order valence-electron chi connectivity index (χ0n) is 10.4. The topological polar surface area (TPSA) is 61.4 Å². The van der Waals surface area contributed by atoms with Crippen molar-refractivity contribution in [2.45, 2.75) is 19.4 Å². The fourth-order valence-electron chi connectivity index (χ4n) is 1.21. The molecule has 0 radical (unpaired) electrons. The van der Waals surface area contributed by atoms with Crippen LogP contribution in [0.25, 0.3) is 6.08 Å². The molecule has 18 heavy (non-hydrogen) atoms. The molecule has 0 bridgehead atoms. The fourth-order valence-corrected chi connectivity index (χ4v) is 1.41. The number of aliphatic hydroxyl groups is 1. The SMILES string of the molecule is CC(C)(CO)NC(=O)N/C=C/c1cccc(Cl)c1. The molecular weight excluding hydrogens is 252 g/mol. The molecule has 0 heterocycles. The predicted octanol–water partition coefficient (Wildman–Crippen LogP) is 2.38. The third-order valence-corrected chi connectivity index (χ3v) is 2.42. The van der Waals surface area contributed by atoms with Crippen molar-refractivity contribution in [1.82, 2.24) is 10.6 Å². The molecular formula is C13H17ClN2O2. The third-order valence-electron chi connectivity index (χ3n) is 2.19. The van der Waals surface area contributed by atoms with Gasteiger partial charge in [0.15, 0.2) is 0 Å². The summed E-state index contributed by atoms with van der Waals surface area (Å²) in [6.07, 6.45) is 3.26. The molecule has 1 aromatic rings. The second kappa shape index (κ2) is 6.42. The molecule has 0 fully saturated rings. The van der Waals surface area contributed by atoms with Crippen molar-refractivity contribution in [2.75, 3.05) is 6.61 Å². The predicted molar refractivity (Wildman–Crippen MR) is 73.3 cm³/mol. The lowest BCUT2D eigenvalue weighted by atomic mass is 10.1. The number of urea groups is 1. The fraction of sp³-hybridized carbons (Fsp3) is 0.308. The smallest absolute Gasteiger partial charge is 0.319 e. The maximum Gasteiger partial charge on any atom is 0.319 e. The Balaban J connectivity index is 2.48. The summed E-state index contributed by atoms with van der Waals surface area (Å²) >= 11 is 5.83. The average molecular weight is 269 g/mol. The van der Waals surface area contributed by atoms with Gasteiger partial charge in [0, 0.05) is 11.2 Å². The number of hydrogen-bond donors (Lipinski definition) is 3. The first-order valence-corrected chi connectivity index (χ1v) is 5.92. The van der Waals surface area contributed by atoms with E-state index in [1.165, 1.54) is 6.20 Å². The van der Waals surface area contributed by atoms with Gasteiger partial charge >= 0.3 is 6.03 Å². The van der Waals surface area contributed by atoms with Gasteiger partial charge in [-0.3, -0.25) is 0 Å². The van der Waals surface area contributed by atoms with Gasteiger partial charge in [-0.05, 0) is 37.6 Å². The number of amides is 2. The Morgan fingerprint density at radius 2 is 2.22 bits per heavy atom. The lowest BCUT2D eigenvalue weighted by Crippen LogP contribution is -2.49. The summed E-state index contributed by atoms with van der Waals surface area (Å²) < 4.78 is 0. The van der Waals surface area contributed by atoms with Crippen LogP contribution in [0.15, 0.2) is 30.5 Å². The first-order chi connectivity index (χ1) is 8.43. The van der Waals surface area contributed by atoms with Crippen LogP contribution in [0.4, 0.5) is 4.79 Å². The monoisotopic (exact) mass is 268 g/mol.